The Morgan fingerprint density at radius 1 is 0.707 bits per heavy atom. The zero-order valence-electron chi connectivity index (χ0n) is 33.0. The van der Waals surface area contributed by atoms with Gasteiger partial charge in [0.2, 0.25) is 0 Å². The molecule has 18 heteroatoms. The largest absolute Gasteiger partial charge is 0.492 e. The fourth-order valence-corrected chi connectivity index (χ4v) is 9.52. The third kappa shape index (κ3) is 12.8. The number of carbonyl (C=O) groups excluding carboxylic acids is 2. The quantitative estimate of drug-likeness (QED) is 0.0890. The SMILES string of the molecule is CC(=O)O[C@H]1[C@H](OSC(C)(C)C)[C@@H](Sc2ccccc2)[C@H](O[C@@H]2C=CO[C@H](COS(=O)(=O)c3ccc(C)cc3)[C@H]2OC(C)=O)O[C@@H]1COS(=O)(=O)c1ccc(C)cc1. The molecular weight excluding hydrogens is 833 g/mol. The highest BCUT2D eigenvalue weighted by atomic mass is 32.2. The standard InChI is InChI=1S/C40H48O14S4/c1-25-13-17-30(18-14-25)57(43,44)48-23-33-35(50-27(3)41)32(21-22-47-33)52-39-38(55-29-11-9-8-10-12-29)37(54-56-40(5,6)7)36(51-28(4)42)34(53-39)24-49-58(45,46)31-19-15-26(2)16-20-31/h8-22,32-39H,23-24H2,1-7H3/t32-,33-,34-,35+,36-,37+,38-,39-/m1/s1. The summed E-state index contributed by atoms with van der Waals surface area (Å²) >= 11 is 2.42. The molecule has 0 aromatic heterocycles. The van der Waals surface area contributed by atoms with Gasteiger partial charge in [0.05, 0.1) is 27.9 Å². The number of carbonyl (C=O) groups is 2. The maximum absolute atomic E-state index is 13.4. The van der Waals surface area contributed by atoms with Crippen LogP contribution in [0.15, 0.2) is 106 Å². The summed E-state index contributed by atoms with van der Waals surface area (Å²) < 4.78 is 100. The minimum Gasteiger partial charge on any atom is -0.492 e. The van der Waals surface area contributed by atoms with Gasteiger partial charge < -0.3 is 27.9 Å². The molecular formula is C40H48O14S4. The number of rotatable bonds is 16. The van der Waals surface area contributed by atoms with Crippen molar-refractivity contribution in [2.24, 2.45) is 0 Å². The summed E-state index contributed by atoms with van der Waals surface area (Å²) in [6.07, 6.45) is -5.59. The highest BCUT2D eigenvalue weighted by Gasteiger charge is 2.52. The van der Waals surface area contributed by atoms with Gasteiger partial charge in [-0.2, -0.15) is 16.8 Å². The minimum atomic E-state index is -4.32. The molecule has 0 N–H and O–H groups in total. The van der Waals surface area contributed by atoms with Crippen LogP contribution in [0.4, 0.5) is 0 Å². The molecule has 316 valence electrons. The first kappa shape index (κ1) is 45.6. The fourth-order valence-electron chi connectivity index (χ4n) is 5.77. The molecule has 0 saturated carbocycles. The van der Waals surface area contributed by atoms with E-state index in [0.29, 0.717) is 0 Å². The molecule has 0 unspecified atom stereocenters. The third-order valence-corrected chi connectivity index (χ3v) is 13.2. The van der Waals surface area contributed by atoms with E-state index in [0.717, 1.165) is 28.1 Å². The zero-order valence-corrected chi connectivity index (χ0v) is 36.3. The van der Waals surface area contributed by atoms with Crippen molar-refractivity contribution in [2.45, 2.75) is 116 Å². The van der Waals surface area contributed by atoms with Crippen molar-refractivity contribution in [3.05, 3.63) is 102 Å². The second-order valence-corrected chi connectivity index (χ2v) is 20.6. The van der Waals surface area contributed by atoms with Gasteiger partial charge in [0.15, 0.2) is 24.6 Å². The van der Waals surface area contributed by atoms with Crippen LogP contribution in [-0.2, 0) is 66.1 Å². The average Bonchev–Trinajstić information content (AvgIpc) is 3.15. The first-order valence-corrected chi connectivity index (χ1v) is 22.7. The predicted octanol–water partition coefficient (Wildman–Crippen LogP) is 6.29. The number of benzene rings is 3. The van der Waals surface area contributed by atoms with Gasteiger partial charge in [-0.25, -0.2) is 0 Å². The fraction of sp³-hybridized carbons (Fsp3) is 0.450. The van der Waals surface area contributed by atoms with Crippen molar-refractivity contribution in [1.82, 2.24) is 0 Å². The van der Waals surface area contributed by atoms with Crippen molar-refractivity contribution in [3.63, 3.8) is 0 Å². The van der Waals surface area contributed by atoms with Crippen molar-refractivity contribution >= 4 is 56.0 Å². The van der Waals surface area contributed by atoms with E-state index in [-0.39, 0.29) is 9.79 Å². The number of aryl methyl sites for hydroxylation is 2. The van der Waals surface area contributed by atoms with Crippen LogP contribution in [0.2, 0.25) is 0 Å². The second kappa shape index (κ2) is 19.7. The van der Waals surface area contributed by atoms with Gasteiger partial charge in [-0.3, -0.25) is 18.0 Å². The molecule has 0 aliphatic carbocycles. The number of thioether (sulfide) groups is 1. The molecule has 8 atom stereocenters. The monoisotopic (exact) mass is 880 g/mol. The van der Waals surface area contributed by atoms with Gasteiger partial charge in [-0.15, -0.1) is 11.8 Å². The molecule has 1 fully saturated rings. The maximum Gasteiger partial charge on any atom is 0.303 e. The maximum atomic E-state index is 13.4. The molecule has 0 radical (unpaired) electrons. The highest BCUT2D eigenvalue weighted by molar-refractivity contribution is 8.00. The van der Waals surface area contributed by atoms with E-state index in [4.69, 9.17) is 36.2 Å². The van der Waals surface area contributed by atoms with Crippen molar-refractivity contribution in [2.75, 3.05) is 13.2 Å². The number of ether oxygens (including phenoxy) is 5. The summed E-state index contributed by atoms with van der Waals surface area (Å²) in [5, 5.41) is -0.822. The van der Waals surface area contributed by atoms with E-state index in [9.17, 15) is 26.4 Å². The van der Waals surface area contributed by atoms with Gasteiger partial charge in [0, 0.05) is 23.5 Å². The van der Waals surface area contributed by atoms with Crippen molar-refractivity contribution in [3.8, 4) is 0 Å². The summed E-state index contributed by atoms with van der Waals surface area (Å²) in [6, 6.07) is 21.4. The molecule has 2 aliphatic rings. The lowest BCUT2D eigenvalue weighted by molar-refractivity contribution is -0.271. The Kier molecular flexibility index (Phi) is 15.5. The Balaban J connectivity index is 1.50. The van der Waals surface area contributed by atoms with E-state index >= 15 is 0 Å². The minimum absolute atomic E-state index is 0.0724. The Bertz CT molecular complexity index is 2090. The zero-order chi connectivity index (χ0) is 42.3. The van der Waals surface area contributed by atoms with Gasteiger partial charge >= 0.3 is 11.9 Å². The van der Waals surface area contributed by atoms with Gasteiger partial charge in [-0.1, -0.05) is 53.6 Å². The second-order valence-electron chi connectivity index (χ2n) is 14.6. The average molecular weight is 881 g/mol. The van der Waals surface area contributed by atoms with Crippen LogP contribution < -0.4 is 0 Å². The number of esters is 2. The Morgan fingerprint density at radius 2 is 1.22 bits per heavy atom. The van der Waals surface area contributed by atoms with Gasteiger partial charge in [0.25, 0.3) is 20.2 Å². The number of hydrogen-bond donors (Lipinski definition) is 0. The first-order chi connectivity index (χ1) is 27.3. The lowest BCUT2D eigenvalue weighted by atomic mass is 10.0. The van der Waals surface area contributed by atoms with E-state index < -0.39 is 98.3 Å². The summed E-state index contributed by atoms with van der Waals surface area (Å²) in [5.74, 6) is -1.39. The first-order valence-electron chi connectivity index (χ1n) is 18.3. The molecule has 3 aromatic rings. The van der Waals surface area contributed by atoms with E-state index in [1.807, 2.05) is 65.0 Å². The van der Waals surface area contributed by atoms with Gasteiger partial charge in [0.1, 0.15) is 24.9 Å². The molecule has 0 amide bonds. The summed E-state index contributed by atoms with van der Waals surface area (Å²) in [4.78, 5) is 25.8. The van der Waals surface area contributed by atoms with Crippen LogP contribution in [0, 0.1) is 13.8 Å². The Labute approximate surface area is 348 Å². The van der Waals surface area contributed by atoms with Crippen LogP contribution in [-0.4, -0.2) is 94.9 Å². The lowest BCUT2D eigenvalue weighted by Gasteiger charge is -2.46. The van der Waals surface area contributed by atoms with Crippen LogP contribution in [0.25, 0.3) is 0 Å². The van der Waals surface area contributed by atoms with Crippen LogP contribution in [0.3, 0.4) is 0 Å². The van der Waals surface area contributed by atoms with Crippen LogP contribution in [0.1, 0.15) is 45.7 Å². The predicted molar refractivity (Wildman–Crippen MR) is 216 cm³/mol. The summed E-state index contributed by atoms with van der Waals surface area (Å²) in [5.41, 5.74) is 1.70. The molecule has 2 heterocycles. The van der Waals surface area contributed by atoms with E-state index in [1.165, 1.54) is 62.2 Å². The molecule has 2 aliphatic heterocycles. The normalized spacial score (nSPS) is 25.1. The van der Waals surface area contributed by atoms with E-state index in [2.05, 4.69) is 0 Å². The third-order valence-electron chi connectivity index (χ3n) is 8.52. The Hall–Kier alpha value is -3.46. The smallest absolute Gasteiger partial charge is 0.303 e. The summed E-state index contributed by atoms with van der Waals surface area (Å²) in [6.45, 7) is 10.7. The molecule has 0 spiro atoms. The molecule has 3 aromatic carbocycles. The lowest BCUT2D eigenvalue weighted by Crippen LogP contribution is -2.61. The van der Waals surface area contributed by atoms with E-state index in [1.54, 1.807) is 24.3 Å². The molecule has 1 saturated heterocycles. The molecule has 5 rings (SSSR count). The molecule has 14 nitrogen and oxygen atoms in total. The van der Waals surface area contributed by atoms with Crippen LogP contribution >= 0.6 is 23.8 Å². The number of hydrogen-bond acceptors (Lipinski definition) is 16. The Morgan fingerprint density at radius 3 is 1.74 bits per heavy atom. The van der Waals surface area contributed by atoms with Crippen molar-refractivity contribution in [1.29, 1.82) is 0 Å². The summed E-state index contributed by atoms with van der Waals surface area (Å²) in [7, 11) is -8.56. The molecule has 58 heavy (non-hydrogen) atoms. The topological polar surface area (TPSA) is 176 Å². The molecule has 0 bridgehead atoms. The highest BCUT2D eigenvalue weighted by Crippen LogP contribution is 2.42. The van der Waals surface area contributed by atoms with Gasteiger partial charge in [-0.05, 0) is 89.1 Å². The van der Waals surface area contributed by atoms with Crippen molar-refractivity contribution < 1.29 is 62.7 Å². The van der Waals surface area contributed by atoms with Crippen LogP contribution in [0.5, 0.6) is 0 Å².